The maximum atomic E-state index is 7.00. The number of allylic oxidation sites excluding steroid dienone is 2. The summed E-state index contributed by atoms with van der Waals surface area (Å²) >= 11 is -3.10. The average Bonchev–Trinajstić information content (AvgIpc) is 3.64. The quantitative estimate of drug-likeness (QED) is 0.213. The van der Waals surface area contributed by atoms with Crippen LogP contribution in [0.1, 0.15) is 58.2 Å². The van der Waals surface area contributed by atoms with Gasteiger partial charge in [-0.05, 0) is 0 Å². The second kappa shape index (κ2) is 13.2. The fourth-order valence-electron chi connectivity index (χ4n) is 7.37. The van der Waals surface area contributed by atoms with Crippen molar-refractivity contribution in [3.8, 4) is 22.3 Å². The molecule has 0 radical (unpaired) electrons. The van der Waals surface area contributed by atoms with Crippen molar-refractivity contribution in [3.05, 3.63) is 130 Å². The van der Waals surface area contributed by atoms with Crippen molar-refractivity contribution in [2.75, 3.05) is 14.2 Å². The summed E-state index contributed by atoms with van der Waals surface area (Å²) in [5.41, 5.74) is 20.2. The Kier molecular flexibility index (Phi) is 10.0. The summed E-state index contributed by atoms with van der Waals surface area (Å²) in [6.45, 7) is 4.73. The molecule has 0 aromatic heterocycles. The van der Waals surface area contributed by atoms with Gasteiger partial charge >= 0.3 is 232 Å². The molecule has 4 aromatic rings. The van der Waals surface area contributed by atoms with Crippen molar-refractivity contribution in [1.29, 1.82) is 0 Å². The zero-order valence-electron chi connectivity index (χ0n) is 26.0. The first kappa shape index (κ1) is 32.0. The Morgan fingerprint density at radius 2 is 0.905 bits per heavy atom. The smallest absolute Gasteiger partial charge is 0.0319 e. The Hall–Kier alpha value is -2.92. The van der Waals surface area contributed by atoms with Crippen molar-refractivity contribution < 1.29 is 21.9 Å². The van der Waals surface area contributed by atoms with E-state index < -0.39 is 11.7 Å². The molecule has 6 rings (SSSR count). The molecule has 2 unspecified atom stereocenters. The standard InChI is InChI=1S/2C17H15.2CH4O.2CH3.H2Si.V/c2*1-2-13-11-15-9-6-10-16(17(15)12-13)14-7-4-3-5-8-14;2*1-2;;;;/h2*3-12H,2H2,1H3;2*2H,1H3;2*1H3;1H2;. The number of aliphatic hydroxyl groups excluding tert-OH is 2. The number of hydrogen-bond acceptors (Lipinski definition) is 2. The normalized spacial score (nSPS) is 17.7. The van der Waals surface area contributed by atoms with E-state index in [0.29, 0.717) is 9.26 Å². The van der Waals surface area contributed by atoms with Gasteiger partial charge in [0.25, 0.3) is 0 Å². The van der Waals surface area contributed by atoms with E-state index in [-0.39, 0.29) is 0 Å². The van der Waals surface area contributed by atoms with Crippen LogP contribution >= 0.6 is 0 Å². The maximum absolute atomic E-state index is 7.00. The summed E-state index contributed by atoms with van der Waals surface area (Å²) in [6.07, 6.45) is 7.35. The molecule has 2 aliphatic rings. The molecule has 2 nitrogen and oxygen atoms in total. The Balaban J connectivity index is 0.000000972. The molecule has 0 fully saturated rings. The third kappa shape index (κ3) is 5.57. The monoisotopic (exact) mass is 613 g/mol. The predicted octanol–water partition coefficient (Wildman–Crippen LogP) is 8.97. The van der Waals surface area contributed by atoms with E-state index >= 15 is 0 Å². The van der Waals surface area contributed by atoms with Crippen LogP contribution in [0, 0.1) is 0 Å². The molecule has 0 bridgehead atoms. The first-order valence-corrected chi connectivity index (χ1v) is 22.9. The number of aliphatic hydroxyl groups is 2. The Morgan fingerprint density at radius 3 is 1.24 bits per heavy atom. The van der Waals surface area contributed by atoms with E-state index in [4.69, 9.17) is 10.2 Å². The largest absolute Gasteiger partial charge is 0.400 e. The first-order valence-electron chi connectivity index (χ1n) is 14.9. The van der Waals surface area contributed by atoms with E-state index in [9.17, 15) is 0 Å². The van der Waals surface area contributed by atoms with Crippen molar-refractivity contribution in [3.63, 3.8) is 0 Å². The van der Waals surface area contributed by atoms with Gasteiger partial charge in [-0.3, -0.25) is 0 Å². The molecule has 4 aromatic carbocycles. The van der Waals surface area contributed by atoms with Gasteiger partial charge in [0.05, 0.1) is 0 Å². The van der Waals surface area contributed by atoms with Crippen LogP contribution in [0.3, 0.4) is 0 Å². The van der Waals surface area contributed by atoms with Crippen LogP contribution in [0.2, 0.25) is 11.3 Å². The molecule has 0 aliphatic heterocycles. The van der Waals surface area contributed by atoms with Crippen molar-refractivity contribution in [2.45, 2.75) is 47.2 Å². The van der Waals surface area contributed by atoms with E-state index in [1.807, 2.05) is 0 Å². The minimum Gasteiger partial charge on any atom is -0.400 e. The summed E-state index contributed by atoms with van der Waals surface area (Å²) in [5.74, 6) is 0. The number of benzene rings is 4. The third-order valence-electron chi connectivity index (χ3n) is 8.91. The first-order chi connectivity index (χ1) is 20.3. The van der Waals surface area contributed by atoms with Gasteiger partial charge in [0, 0.05) is 14.2 Å². The number of hydrogen-bond donors (Lipinski definition) is 2. The number of rotatable bonds is 6. The molecule has 0 spiro atoms. The molecule has 219 valence electrons. The second-order valence-corrected chi connectivity index (χ2v) is 30.0. The fourth-order valence-corrected chi connectivity index (χ4v) is 19.2. The van der Waals surface area contributed by atoms with Crippen LogP contribution in [0.4, 0.5) is 0 Å². The summed E-state index contributed by atoms with van der Waals surface area (Å²) in [4.78, 5) is 0. The maximum Gasteiger partial charge on any atom is 0.0319 e. The zero-order chi connectivity index (χ0) is 30.5. The summed E-state index contributed by atoms with van der Waals surface area (Å²) < 4.78 is 1.06. The molecule has 0 saturated heterocycles. The summed E-state index contributed by atoms with van der Waals surface area (Å²) in [5, 5.41) is 14.0. The third-order valence-corrected chi connectivity index (χ3v) is 19.1. The van der Waals surface area contributed by atoms with Crippen molar-refractivity contribution >= 4 is 20.3 Å². The van der Waals surface area contributed by atoms with Gasteiger partial charge in [-0.1, -0.05) is 0 Å². The number of fused-ring (bicyclic) bond motifs is 2. The van der Waals surface area contributed by atoms with Crippen LogP contribution in [0.5, 0.6) is 0 Å². The molecule has 0 saturated carbocycles. The molecule has 0 amide bonds. The van der Waals surface area contributed by atoms with E-state index in [2.05, 4.69) is 142 Å². The molecular formula is C38H46O2SiV. The van der Waals surface area contributed by atoms with Gasteiger partial charge in [0.1, 0.15) is 0 Å². The average molecular weight is 614 g/mol. The minimum absolute atomic E-state index is 0.529. The molecule has 2 atom stereocenters. The van der Waals surface area contributed by atoms with Crippen LogP contribution in [-0.4, -0.2) is 32.6 Å². The minimum atomic E-state index is -3.10. The van der Waals surface area contributed by atoms with Crippen molar-refractivity contribution in [1.82, 2.24) is 0 Å². The summed E-state index contributed by atoms with van der Waals surface area (Å²) in [6, 6.07) is 36.0. The van der Waals surface area contributed by atoms with E-state index in [1.165, 1.54) is 33.4 Å². The van der Waals surface area contributed by atoms with Crippen LogP contribution in [0.15, 0.2) is 108 Å². The van der Waals surface area contributed by atoms with Crippen LogP contribution in [0.25, 0.3) is 34.4 Å². The molecular weight excluding hydrogens is 567 g/mol. The van der Waals surface area contributed by atoms with Crippen LogP contribution < -0.4 is 0 Å². The zero-order valence-corrected chi connectivity index (χ0v) is 28.8. The SMILES string of the molecule is CCC1=Cc2c(-c3ccccc3)cccc2[CH]1[V]([CH3])([CH3])(=[SiH2])[CH]1C(CC)=Cc2c(-c3ccccc3)cccc21.CO.CO. The Labute approximate surface area is 255 Å². The van der Waals surface area contributed by atoms with Crippen LogP contribution in [-0.2, 0) is 11.7 Å². The molecule has 2 aliphatic carbocycles. The van der Waals surface area contributed by atoms with Gasteiger partial charge in [-0.25, -0.2) is 0 Å². The van der Waals surface area contributed by atoms with Gasteiger partial charge in [0.2, 0.25) is 0 Å². The van der Waals surface area contributed by atoms with E-state index in [1.54, 1.807) is 22.3 Å². The topological polar surface area (TPSA) is 40.5 Å². The van der Waals surface area contributed by atoms with Gasteiger partial charge in [0.15, 0.2) is 0 Å². The van der Waals surface area contributed by atoms with Crippen molar-refractivity contribution in [2.24, 2.45) is 0 Å². The van der Waals surface area contributed by atoms with Gasteiger partial charge < -0.3 is 10.2 Å². The Bertz CT molecular complexity index is 1540. The molecule has 0 heterocycles. The fraction of sp³-hybridized carbons (Fsp3) is 0.263. The van der Waals surface area contributed by atoms with E-state index in [0.717, 1.165) is 27.1 Å². The predicted molar refractivity (Wildman–Crippen MR) is 182 cm³/mol. The second-order valence-electron chi connectivity index (χ2n) is 11.9. The molecule has 2 N–H and O–H groups in total. The van der Waals surface area contributed by atoms with Gasteiger partial charge in [-0.2, -0.15) is 0 Å². The molecule has 42 heavy (non-hydrogen) atoms. The molecule has 4 heteroatoms. The van der Waals surface area contributed by atoms with Gasteiger partial charge in [-0.15, -0.1) is 0 Å². The Morgan fingerprint density at radius 1 is 0.548 bits per heavy atom. The summed E-state index contributed by atoms with van der Waals surface area (Å²) in [7, 11) is 4.42.